The Labute approximate surface area is 189 Å². The Bertz CT molecular complexity index is 1060. The zero-order valence-corrected chi connectivity index (χ0v) is 19.1. The standard InChI is InChI=1S/C25H32N4O3/c1-4-5-17-28(2)24(30)18-29-21-13-8-7-12-20(21)27-23(29)15-10-16-26-25(31)19-11-6-9-14-22(19)32-3/h6-9,11-14H,4-5,10,15-18H2,1-3H3,(H,26,31). The van der Waals surface area contributed by atoms with Gasteiger partial charge in [0, 0.05) is 26.6 Å². The first-order chi connectivity index (χ1) is 15.5. The number of ether oxygens (including phenoxy) is 1. The van der Waals surface area contributed by atoms with Gasteiger partial charge in [0.2, 0.25) is 5.91 Å². The van der Waals surface area contributed by atoms with Crippen LogP contribution in [0.5, 0.6) is 5.75 Å². The lowest BCUT2D eigenvalue weighted by Crippen LogP contribution is -2.31. The van der Waals surface area contributed by atoms with Gasteiger partial charge in [-0.3, -0.25) is 9.59 Å². The van der Waals surface area contributed by atoms with Gasteiger partial charge in [-0.1, -0.05) is 37.6 Å². The number of benzene rings is 2. The minimum Gasteiger partial charge on any atom is -0.496 e. The molecule has 0 saturated heterocycles. The van der Waals surface area contributed by atoms with E-state index < -0.39 is 0 Å². The summed E-state index contributed by atoms with van der Waals surface area (Å²) in [6, 6.07) is 15.0. The fraction of sp³-hybridized carbons (Fsp3) is 0.400. The minimum atomic E-state index is -0.163. The molecule has 1 N–H and O–H groups in total. The number of unbranched alkanes of at least 4 members (excludes halogenated alkanes) is 1. The van der Waals surface area contributed by atoms with Gasteiger partial charge in [0.1, 0.15) is 18.1 Å². The van der Waals surface area contributed by atoms with Gasteiger partial charge in [0.15, 0.2) is 0 Å². The monoisotopic (exact) mass is 436 g/mol. The highest BCUT2D eigenvalue weighted by molar-refractivity contribution is 5.96. The molecule has 0 bridgehead atoms. The fourth-order valence-corrected chi connectivity index (χ4v) is 3.64. The first-order valence-electron chi connectivity index (χ1n) is 11.1. The second-order valence-electron chi connectivity index (χ2n) is 7.83. The van der Waals surface area contributed by atoms with Crippen molar-refractivity contribution in [1.29, 1.82) is 0 Å². The number of imidazole rings is 1. The van der Waals surface area contributed by atoms with E-state index in [1.54, 1.807) is 24.1 Å². The van der Waals surface area contributed by atoms with E-state index in [4.69, 9.17) is 9.72 Å². The lowest BCUT2D eigenvalue weighted by molar-refractivity contribution is -0.130. The smallest absolute Gasteiger partial charge is 0.255 e. The maximum Gasteiger partial charge on any atom is 0.255 e. The van der Waals surface area contributed by atoms with Gasteiger partial charge in [-0.05, 0) is 37.1 Å². The van der Waals surface area contributed by atoms with Gasteiger partial charge < -0.3 is 19.5 Å². The van der Waals surface area contributed by atoms with Crippen LogP contribution in [0.25, 0.3) is 11.0 Å². The summed E-state index contributed by atoms with van der Waals surface area (Å²) in [6.07, 6.45) is 3.42. The molecular weight excluding hydrogens is 404 g/mol. The Hall–Kier alpha value is -3.35. The minimum absolute atomic E-state index is 0.0762. The summed E-state index contributed by atoms with van der Waals surface area (Å²) in [5, 5.41) is 2.95. The van der Waals surface area contributed by atoms with E-state index >= 15 is 0 Å². The molecule has 170 valence electrons. The van der Waals surface area contributed by atoms with Crippen LogP contribution in [0.4, 0.5) is 0 Å². The van der Waals surface area contributed by atoms with Crippen molar-refractivity contribution in [3.63, 3.8) is 0 Å². The number of nitrogens with zero attached hydrogens (tertiary/aromatic N) is 3. The molecule has 0 aliphatic heterocycles. The molecule has 1 aromatic heterocycles. The molecule has 7 heteroatoms. The zero-order valence-electron chi connectivity index (χ0n) is 19.1. The lowest BCUT2D eigenvalue weighted by atomic mass is 10.2. The van der Waals surface area contributed by atoms with Crippen LogP contribution in [0.1, 0.15) is 42.4 Å². The highest BCUT2D eigenvalue weighted by Gasteiger charge is 2.16. The van der Waals surface area contributed by atoms with Gasteiger partial charge in [-0.25, -0.2) is 4.98 Å². The van der Waals surface area contributed by atoms with Crippen LogP contribution >= 0.6 is 0 Å². The molecule has 7 nitrogen and oxygen atoms in total. The molecule has 2 aromatic carbocycles. The Kier molecular flexibility index (Phi) is 8.25. The summed E-state index contributed by atoms with van der Waals surface area (Å²) in [7, 11) is 3.40. The largest absolute Gasteiger partial charge is 0.496 e. The van der Waals surface area contributed by atoms with E-state index in [9.17, 15) is 9.59 Å². The number of para-hydroxylation sites is 3. The molecule has 0 saturated carbocycles. The van der Waals surface area contributed by atoms with Crippen molar-refractivity contribution in [2.45, 2.75) is 39.2 Å². The summed E-state index contributed by atoms with van der Waals surface area (Å²) < 4.78 is 7.26. The van der Waals surface area contributed by atoms with Crippen molar-refractivity contribution in [3.8, 4) is 5.75 Å². The summed E-state index contributed by atoms with van der Waals surface area (Å²) in [5.41, 5.74) is 2.35. The maximum atomic E-state index is 12.8. The van der Waals surface area contributed by atoms with Crippen LogP contribution in [-0.2, 0) is 17.8 Å². The van der Waals surface area contributed by atoms with Crippen LogP contribution in [0.2, 0.25) is 0 Å². The second-order valence-corrected chi connectivity index (χ2v) is 7.83. The van der Waals surface area contributed by atoms with E-state index in [1.807, 2.05) is 48.0 Å². The number of amides is 2. The average Bonchev–Trinajstić information content (AvgIpc) is 3.17. The number of nitrogens with one attached hydrogen (secondary N) is 1. The van der Waals surface area contributed by atoms with Crippen molar-refractivity contribution in [2.75, 3.05) is 27.2 Å². The molecule has 0 atom stereocenters. The molecule has 0 radical (unpaired) electrons. The molecule has 0 aliphatic carbocycles. The lowest BCUT2D eigenvalue weighted by Gasteiger charge is -2.18. The van der Waals surface area contributed by atoms with Crippen LogP contribution in [-0.4, -0.2) is 53.5 Å². The quantitative estimate of drug-likeness (QED) is 0.466. The first kappa shape index (κ1) is 23.3. The fourth-order valence-electron chi connectivity index (χ4n) is 3.64. The average molecular weight is 437 g/mol. The van der Waals surface area contributed by atoms with Gasteiger partial charge in [-0.2, -0.15) is 0 Å². The molecular formula is C25H32N4O3. The molecule has 3 rings (SSSR count). The van der Waals surface area contributed by atoms with Crippen molar-refractivity contribution < 1.29 is 14.3 Å². The second kappa shape index (κ2) is 11.3. The topological polar surface area (TPSA) is 76.5 Å². The number of fused-ring (bicyclic) bond motifs is 1. The third kappa shape index (κ3) is 5.66. The van der Waals surface area contributed by atoms with E-state index in [2.05, 4.69) is 12.2 Å². The number of hydrogen-bond acceptors (Lipinski definition) is 4. The summed E-state index contributed by atoms with van der Waals surface area (Å²) >= 11 is 0. The third-order valence-electron chi connectivity index (χ3n) is 5.51. The van der Waals surface area contributed by atoms with Crippen LogP contribution in [0, 0.1) is 0 Å². The molecule has 0 unspecified atom stereocenters. The van der Waals surface area contributed by atoms with Gasteiger partial charge in [-0.15, -0.1) is 0 Å². The number of carbonyl (C=O) groups is 2. The number of likely N-dealkylation sites (N-methyl/N-ethyl adjacent to an activating group) is 1. The van der Waals surface area contributed by atoms with E-state index in [0.717, 1.165) is 36.2 Å². The maximum absolute atomic E-state index is 12.8. The highest BCUT2D eigenvalue weighted by atomic mass is 16.5. The highest BCUT2D eigenvalue weighted by Crippen LogP contribution is 2.18. The number of rotatable bonds is 11. The number of hydrogen-bond donors (Lipinski definition) is 1. The molecule has 1 heterocycles. The molecule has 3 aromatic rings. The predicted molar refractivity (Wildman–Crippen MR) is 126 cm³/mol. The number of aromatic nitrogens is 2. The summed E-state index contributed by atoms with van der Waals surface area (Å²) in [6.45, 7) is 3.65. The first-order valence-corrected chi connectivity index (χ1v) is 11.1. The number of carbonyl (C=O) groups excluding carboxylic acids is 2. The van der Waals surface area contributed by atoms with Gasteiger partial charge in [0.05, 0.1) is 23.7 Å². The molecule has 0 fully saturated rings. The van der Waals surface area contributed by atoms with Crippen LogP contribution in [0.3, 0.4) is 0 Å². The van der Waals surface area contributed by atoms with Crippen LogP contribution < -0.4 is 10.1 Å². The Morgan fingerprint density at radius 2 is 1.84 bits per heavy atom. The Morgan fingerprint density at radius 3 is 2.62 bits per heavy atom. The van der Waals surface area contributed by atoms with E-state index in [-0.39, 0.29) is 18.4 Å². The Balaban J connectivity index is 1.65. The molecule has 0 aliphatic rings. The zero-order chi connectivity index (χ0) is 22.9. The van der Waals surface area contributed by atoms with Gasteiger partial charge >= 0.3 is 0 Å². The van der Waals surface area contributed by atoms with E-state index in [0.29, 0.717) is 30.7 Å². The third-order valence-corrected chi connectivity index (χ3v) is 5.51. The summed E-state index contributed by atoms with van der Waals surface area (Å²) in [4.78, 5) is 31.8. The van der Waals surface area contributed by atoms with Crippen molar-refractivity contribution in [2.24, 2.45) is 0 Å². The normalized spacial score (nSPS) is 10.8. The molecule has 0 spiro atoms. The molecule has 32 heavy (non-hydrogen) atoms. The van der Waals surface area contributed by atoms with Crippen LogP contribution in [0.15, 0.2) is 48.5 Å². The number of methoxy groups -OCH3 is 1. The van der Waals surface area contributed by atoms with E-state index in [1.165, 1.54) is 0 Å². The van der Waals surface area contributed by atoms with Gasteiger partial charge in [0.25, 0.3) is 5.91 Å². The van der Waals surface area contributed by atoms with Crippen molar-refractivity contribution >= 4 is 22.8 Å². The SMILES string of the molecule is CCCCN(C)C(=O)Cn1c(CCCNC(=O)c2ccccc2OC)nc2ccccc21. The van der Waals surface area contributed by atoms with Crippen molar-refractivity contribution in [1.82, 2.24) is 19.8 Å². The number of aryl methyl sites for hydroxylation is 1. The van der Waals surface area contributed by atoms with Crippen molar-refractivity contribution in [3.05, 3.63) is 59.9 Å². The summed E-state index contributed by atoms with van der Waals surface area (Å²) in [5.74, 6) is 1.32. The molecule has 2 amide bonds. The Morgan fingerprint density at radius 1 is 1.09 bits per heavy atom. The predicted octanol–water partition coefficient (Wildman–Crippen LogP) is 3.67.